The molecule has 2 N–H and O–H groups in total. The zero-order valence-electron chi connectivity index (χ0n) is 13.4. The largest absolute Gasteiger partial charge is 0.382 e. The number of anilines is 2. The molecule has 0 spiro atoms. The van der Waals surface area contributed by atoms with E-state index >= 15 is 0 Å². The molecule has 1 unspecified atom stereocenters. The monoisotopic (exact) mass is 310 g/mol. The lowest BCUT2D eigenvalue weighted by Crippen LogP contribution is -2.35. The smallest absolute Gasteiger partial charge is 0.267 e. The summed E-state index contributed by atoms with van der Waals surface area (Å²) in [6, 6.07) is 0.203. The van der Waals surface area contributed by atoms with Crippen LogP contribution < -0.4 is 10.6 Å². The molecule has 1 aliphatic rings. The highest BCUT2D eigenvalue weighted by Gasteiger charge is 2.25. The van der Waals surface area contributed by atoms with E-state index in [0.717, 1.165) is 24.6 Å². The zero-order chi connectivity index (χ0) is 15.6. The molecule has 6 heteroatoms. The molecule has 1 aromatic heterocycles. The van der Waals surface area contributed by atoms with Crippen molar-refractivity contribution in [1.29, 1.82) is 0 Å². The van der Waals surface area contributed by atoms with Crippen LogP contribution in [0, 0.1) is 5.92 Å². The Morgan fingerprint density at radius 2 is 2.00 bits per heavy atom. The standard InChI is InChI=1S/C15H26N4OS/c1-10(2)9-11(3)18(4)14(20)12-13(16)17-15(21-12)19-7-5-6-8-19/h10-11H,5-9,16H2,1-4H3. The molecule has 1 atom stereocenters. The normalized spacial score (nSPS) is 16.5. The van der Waals surface area contributed by atoms with E-state index in [2.05, 4.69) is 30.7 Å². The number of thiazole rings is 1. The van der Waals surface area contributed by atoms with E-state index in [1.54, 1.807) is 4.90 Å². The summed E-state index contributed by atoms with van der Waals surface area (Å²) < 4.78 is 0. The van der Waals surface area contributed by atoms with Crippen molar-refractivity contribution in [3.63, 3.8) is 0 Å². The molecule has 0 saturated carbocycles. The Morgan fingerprint density at radius 1 is 1.38 bits per heavy atom. The number of carbonyl (C=O) groups is 1. The maximum absolute atomic E-state index is 12.6. The molecule has 118 valence electrons. The molecule has 1 aliphatic heterocycles. The summed E-state index contributed by atoms with van der Waals surface area (Å²) in [7, 11) is 1.85. The lowest BCUT2D eigenvalue weighted by atomic mass is 10.0. The molecule has 1 aromatic rings. The van der Waals surface area contributed by atoms with Crippen molar-refractivity contribution in [3.8, 4) is 0 Å². The minimum atomic E-state index is -0.0106. The van der Waals surface area contributed by atoms with Crippen LogP contribution in [0.1, 0.15) is 49.7 Å². The van der Waals surface area contributed by atoms with Crippen molar-refractivity contribution in [3.05, 3.63) is 4.88 Å². The summed E-state index contributed by atoms with van der Waals surface area (Å²) in [6.45, 7) is 8.44. The van der Waals surface area contributed by atoms with Gasteiger partial charge in [-0.15, -0.1) is 0 Å². The molecule has 1 amide bonds. The predicted octanol–water partition coefficient (Wildman–Crippen LogP) is 2.83. The fourth-order valence-electron chi connectivity index (χ4n) is 2.72. The maximum atomic E-state index is 12.6. The van der Waals surface area contributed by atoms with Gasteiger partial charge in [0.05, 0.1) is 0 Å². The van der Waals surface area contributed by atoms with Crippen LogP contribution in [-0.2, 0) is 0 Å². The van der Waals surface area contributed by atoms with Gasteiger partial charge in [0.2, 0.25) is 0 Å². The Hall–Kier alpha value is -1.30. The lowest BCUT2D eigenvalue weighted by Gasteiger charge is -2.25. The lowest BCUT2D eigenvalue weighted by molar-refractivity contribution is 0.0734. The summed E-state index contributed by atoms with van der Waals surface area (Å²) in [5.41, 5.74) is 5.97. The number of hydrogen-bond donors (Lipinski definition) is 1. The Balaban J connectivity index is 2.11. The van der Waals surface area contributed by atoms with Crippen LogP contribution in [0.3, 0.4) is 0 Å². The van der Waals surface area contributed by atoms with Gasteiger partial charge in [0.1, 0.15) is 10.7 Å². The van der Waals surface area contributed by atoms with Crippen molar-refractivity contribution in [2.24, 2.45) is 5.92 Å². The summed E-state index contributed by atoms with van der Waals surface area (Å²) in [4.78, 5) is 21.6. The topological polar surface area (TPSA) is 62.5 Å². The Morgan fingerprint density at radius 3 is 2.57 bits per heavy atom. The van der Waals surface area contributed by atoms with Gasteiger partial charge in [-0.2, -0.15) is 0 Å². The quantitative estimate of drug-likeness (QED) is 0.908. The van der Waals surface area contributed by atoms with Crippen LogP contribution in [0.15, 0.2) is 0 Å². The van der Waals surface area contributed by atoms with Gasteiger partial charge in [0.25, 0.3) is 5.91 Å². The average molecular weight is 310 g/mol. The average Bonchev–Trinajstić information content (AvgIpc) is 3.05. The zero-order valence-corrected chi connectivity index (χ0v) is 14.2. The molecule has 1 saturated heterocycles. The van der Waals surface area contributed by atoms with Gasteiger partial charge in [-0.1, -0.05) is 25.2 Å². The van der Waals surface area contributed by atoms with Gasteiger partial charge in [0, 0.05) is 26.2 Å². The third-order valence-corrected chi connectivity index (χ3v) is 5.13. The minimum absolute atomic E-state index is 0.0106. The van der Waals surface area contributed by atoms with Crippen LogP contribution in [0.25, 0.3) is 0 Å². The number of nitrogens with two attached hydrogens (primary N) is 1. The first-order chi connectivity index (χ1) is 9.90. The first-order valence-electron chi connectivity index (χ1n) is 7.68. The number of nitrogen functional groups attached to an aromatic ring is 1. The first-order valence-corrected chi connectivity index (χ1v) is 8.50. The number of amides is 1. The van der Waals surface area contributed by atoms with Crippen molar-refractivity contribution >= 4 is 28.2 Å². The highest BCUT2D eigenvalue weighted by Crippen LogP contribution is 2.31. The van der Waals surface area contributed by atoms with E-state index in [0.29, 0.717) is 16.6 Å². The molecule has 1 fully saturated rings. The Labute approximate surface area is 131 Å². The number of nitrogens with zero attached hydrogens (tertiary/aromatic N) is 3. The van der Waals surface area contributed by atoms with Gasteiger partial charge < -0.3 is 15.5 Å². The third-order valence-electron chi connectivity index (χ3n) is 4.01. The number of hydrogen-bond acceptors (Lipinski definition) is 5. The predicted molar refractivity (Wildman–Crippen MR) is 89.0 cm³/mol. The molecule has 2 heterocycles. The van der Waals surface area contributed by atoms with Crippen LogP contribution in [-0.4, -0.2) is 42.0 Å². The summed E-state index contributed by atoms with van der Waals surface area (Å²) >= 11 is 1.43. The van der Waals surface area contributed by atoms with E-state index in [9.17, 15) is 4.79 Å². The van der Waals surface area contributed by atoms with Gasteiger partial charge in [-0.05, 0) is 32.1 Å². The second kappa shape index (κ2) is 6.64. The third kappa shape index (κ3) is 3.67. The second-order valence-corrected chi connectivity index (χ2v) is 7.28. The molecule has 0 bridgehead atoms. The molecule has 5 nitrogen and oxygen atoms in total. The van der Waals surface area contributed by atoms with Gasteiger partial charge in [-0.25, -0.2) is 4.98 Å². The minimum Gasteiger partial charge on any atom is -0.382 e. The summed E-state index contributed by atoms with van der Waals surface area (Å²) in [6.07, 6.45) is 3.36. The van der Waals surface area contributed by atoms with Crippen molar-refractivity contribution in [1.82, 2.24) is 9.88 Å². The van der Waals surface area contributed by atoms with E-state index in [1.165, 1.54) is 24.2 Å². The first kappa shape index (κ1) is 16.1. The number of aromatic nitrogens is 1. The van der Waals surface area contributed by atoms with E-state index in [1.807, 2.05) is 7.05 Å². The van der Waals surface area contributed by atoms with Crippen molar-refractivity contribution < 1.29 is 4.79 Å². The van der Waals surface area contributed by atoms with E-state index in [-0.39, 0.29) is 11.9 Å². The fourth-order valence-corrected chi connectivity index (χ4v) is 3.74. The Kier molecular flexibility index (Phi) is 5.08. The highest BCUT2D eigenvalue weighted by molar-refractivity contribution is 7.18. The van der Waals surface area contributed by atoms with Crippen LogP contribution in [0.2, 0.25) is 0 Å². The fraction of sp³-hybridized carbons (Fsp3) is 0.733. The highest BCUT2D eigenvalue weighted by atomic mass is 32.1. The van der Waals surface area contributed by atoms with Gasteiger partial charge in [0.15, 0.2) is 5.13 Å². The Bertz CT molecular complexity index is 494. The van der Waals surface area contributed by atoms with Crippen molar-refractivity contribution in [2.45, 2.75) is 46.1 Å². The molecule has 21 heavy (non-hydrogen) atoms. The van der Waals surface area contributed by atoms with Crippen LogP contribution in [0.5, 0.6) is 0 Å². The van der Waals surface area contributed by atoms with Crippen molar-refractivity contribution in [2.75, 3.05) is 30.8 Å². The van der Waals surface area contributed by atoms with Crippen LogP contribution >= 0.6 is 11.3 Å². The molecule has 0 radical (unpaired) electrons. The molecule has 0 aromatic carbocycles. The molecule has 0 aliphatic carbocycles. The SMILES string of the molecule is CC(C)CC(C)N(C)C(=O)c1sc(N2CCCC2)nc1N. The second-order valence-electron chi connectivity index (χ2n) is 6.30. The molecule has 2 rings (SSSR count). The van der Waals surface area contributed by atoms with Gasteiger partial charge >= 0.3 is 0 Å². The molecular formula is C15H26N4OS. The number of rotatable bonds is 5. The van der Waals surface area contributed by atoms with E-state index < -0.39 is 0 Å². The molecular weight excluding hydrogens is 284 g/mol. The van der Waals surface area contributed by atoms with Crippen LogP contribution in [0.4, 0.5) is 10.9 Å². The number of carbonyl (C=O) groups excluding carboxylic acids is 1. The summed E-state index contributed by atoms with van der Waals surface area (Å²) in [5, 5.41) is 0.887. The summed E-state index contributed by atoms with van der Waals surface area (Å²) in [5.74, 6) is 0.924. The van der Waals surface area contributed by atoms with Gasteiger partial charge in [-0.3, -0.25) is 4.79 Å². The van der Waals surface area contributed by atoms with E-state index in [4.69, 9.17) is 5.73 Å². The maximum Gasteiger partial charge on any atom is 0.267 e.